The maximum atomic E-state index is 11.0. The van der Waals surface area contributed by atoms with Crippen molar-refractivity contribution in [2.45, 2.75) is 19.4 Å². The van der Waals surface area contributed by atoms with Crippen molar-refractivity contribution in [3.8, 4) is 5.75 Å². The van der Waals surface area contributed by atoms with Crippen molar-refractivity contribution < 1.29 is 27.3 Å². The monoisotopic (exact) mass is 301 g/mol. The van der Waals surface area contributed by atoms with Crippen molar-refractivity contribution in [3.05, 3.63) is 29.8 Å². The highest BCUT2D eigenvalue weighted by molar-refractivity contribution is 7.86. The summed E-state index contributed by atoms with van der Waals surface area (Å²) < 4.78 is 26.5. The van der Waals surface area contributed by atoms with Crippen molar-refractivity contribution in [3.63, 3.8) is 0 Å². The lowest BCUT2D eigenvalue weighted by atomic mass is 10.1. The molecule has 7 nitrogen and oxygen atoms in total. The van der Waals surface area contributed by atoms with Gasteiger partial charge in [0.25, 0.3) is 0 Å². The Labute approximate surface area is 116 Å². The van der Waals surface area contributed by atoms with Gasteiger partial charge in [-0.2, -0.15) is 8.42 Å². The molecule has 1 aromatic carbocycles. The average molecular weight is 301 g/mol. The second-order valence-electron chi connectivity index (χ2n) is 4.23. The molecule has 8 heteroatoms. The lowest BCUT2D eigenvalue weighted by Gasteiger charge is -2.13. The fraction of sp³-hybridized carbons (Fsp3) is 0.333. The third-order valence-corrected chi connectivity index (χ3v) is 2.78. The van der Waals surface area contributed by atoms with Crippen LogP contribution in [0.2, 0.25) is 0 Å². The van der Waals surface area contributed by atoms with Crippen LogP contribution in [0.25, 0.3) is 0 Å². The Kier molecular flexibility index (Phi) is 5.09. The molecule has 110 valence electrons. The molecule has 0 aromatic heterocycles. The first kappa shape index (κ1) is 16.0. The smallest absolute Gasteiger partial charge is 0.326 e. The van der Waals surface area contributed by atoms with E-state index in [-0.39, 0.29) is 12.2 Å². The Balaban J connectivity index is 2.77. The number of amides is 1. The first-order valence-electron chi connectivity index (χ1n) is 5.65. The molecule has 0 heterocycles. The van der Waals surface area contributed by atoms with E-state index in [0.29, 0.717) is 5.56 Å². The van der Waals surface area contributed by atoms with Crippen LogP contribution in [-0.4, -0.2) is 37.7 Å². The molecule has 0 aliphatic rings. The summed E-state index contributed by atoms with van der Waals surface area (Å²) in [6, 6.07) is 4.89. The highest BCUT2D eigenvalue weighted by atomic mass is 32.2. The van der Waals surface area contributed by atoms with E-state index in [4.69, 9.17) is 5.11 Å². The number of hydrogen-bond acceptors (Lipinski definition) is 5. The second-order valence-corrected chi connectivity index (χ2v) is 5.80. The Morgan fingerprint density at radius 2 is 1.85 bits per heavy atom. The van der Waals surface area contributed by atoms with Crippen molar-refractivity contribution in [1.82, 2.24) is 5.32 Å². The SMILES string of the molecule is CC(=O)NC(Cc1ccc(OS(C)(=O)=O)cc1)C(=O)O. The lowest BCUT2D eigenvalue weighted by molar-refractivity contribution is -0.141. The fourth-order valence-corrected chi connectivity index (χ4v) is 2.00. The molecule has 0 aliphatic carbocycles. The zero-order valence-corrected chi connectivity index (χ0v) is 11.8. The quantitative estimate of drug-likeness (QED) is 0.724. The van der Waals surface area contributed by atoms with Crippen LogP contribution in [0.5, 0.6) is 5.75 Å². The highest BCUT2D eigenvalue weighted by Crippen LogP contribution is 2.15. The van der Waals surface area contributed by atoms with Gasteiger partial charge >= 0.3 is 16.1 Å². The van der Waals surface area contributed by atoms with E-state index in [1.807, 2.05) is 0 Å². The summed E-state index contributed by atoms with van der Waals surface area (Å²) in [7, 11) is -3.59. The molecule has 0 fully saturated rings. The van der Waals surface area contributed by atoms with E-state index in [1.54, 1.807) is 0 Å². The molecule has 0 aliphatic heterocycles. The average Bonchev–Trinajstić information content (AvgIpc) is 2.28. The Morgan fingerprint density at radius 1 is 1.30 bits per heavy atom. The van der Waals surface area contributed by atoms with Gasteiger partial charge in [-0.25, -0.2) is 4.79 Å². The summed E-state index contributed by atoms with van der Waals surface area (Å²) in [5.41, 5.74) is 0.631. The molecule has 1 unspecified atom stereocenters. The maximum absolute atomic E-state index is 11.0. The van der Waals surface area contributed by atoms with Gasteiger partial charge in [-0.3, -0.25) is 4.79 Å². The molecule has 0 spiro atoms. The van der Waals surface area contributed by atoms with Crippen LogP contribution in [0.1, 0.15) is 12.5 Å². The molecule has 0 saturated carbocycles. The zero-order chi connectivity index (χ0) is 15.3. The zero-order valence-electron chi connectivity index (χ0n) is 11.0. The number of carboxylic acids is 1. The molecular formula is C12H15NO6S. The summed E-state index contributed by atoms with van der Waals surface area (Å²) in [5, 5.41) is 11.3. The number of carbonyl (C=O) groups excluding carboxylic acids is 1. The topological polar surface area (TPSA) is 110 Å². The minimum atomic E-state index is -3.59. The van der Waals surface area contributed by atoms with Gasteiger partial charge in [-0.05, 0) is 17.7 Å². The van der Waals surface area contributed by atoms with E-state index in [2.05, 4.69) is 9.50 Å². The number of hydrogen-bond donors (Lipinski definition) is 2. The number of benzene rings is 1. The summed E-state index contributed by atoms with van der Waals surface area (Å²) in [5.74, 6) is -1.44. The summed E-state index contributed by atoms with van der Waals surface area (Å²) in [6.45, 7) is 1.24. The van der Waals surface area contributed by atoms with Crippen LogP contribution >= 0.6 is 0 Å². The van der Waals surface area contributed by atoms with Crippen molar-refractivity contribution in [2.75, 3.05) is 6.26 Å². The van der Waals surface area contributed by atoms with Gasteiger partial charge in [0, 0.05) is 13.3 Å². The van der Waals surface area contributed by atoms with E-state index in [0.717, 1.165) is 6.26 Å². The van der Waals surface area contributed by atoms with Gasteiger partial charge in [0.2, 0.25) is 5.91 Å². The Bertz CT molecular complexity index is 593. The summed E-state index contributed by atoms with van der Waals surface area (Å²) in [4.78, 5) is 21.9. The molecular weight excluding hydrogens is 286 g/mol. The number of rotatable bonds is 6. The number of aliphatic carboxylic acids is 1. The predicted molar refractivity (Wildman–Crippen MR) is 70.9 cm³/mol. The minimum Gasteiger partial charge on any atom is -0.480 e. The van der Waals surface area contributed by atoms with Gasteiger partial charge < -0.3 is 14.6 Å². The molecule has 1 amide bonds. The number of carbonyl (C=O) groups is 2. The molecule has 0 radical (unpaired) electrons. The van der Waals surface area contributed by atoms with E-state index < -0.39 is 28.0 Å². The van der Waals surface area contributed by atoms with Gasteiger partial charge in [-0.1, -0.05) is 12.1 Å². The first-order valence-corrected chi connectivity index (χ1v) is 7.47. The number of carboxylic acid groups (broad SMARTS) is 1. The van der Waals surface area contributed by atoms with E-state index in [9.17, 15) is 18.0 Å². The number of nitrogens with one attached hydrogen (secondary N) is 1. The van der Waals surface area contributed by atoms with Crippen molar-refractivity contribution in [1.29, 1.82) is 0 Å². The van der Waals surface area contributed by atoms with E-state index >= 15 is 0 Å². The lowest BCUT2D eigenvalue weighted by Crippen LogP contribution is -2.41. The maximum Gasteiger partial charge on any atom is 0.326 e. The molecule has 20 heavy (non-hydrogen) atoms. The molecule has 0 bridgehead atoms. The van der Waals surface area contributed by atoms with Crippen LogP contribution in [0.3, 0.4) is 0 Å². The summed E-state index contributed by atoms with van der Waals surface area (Å²) in [6.07, 6.45) is 1.02. The van der Waals surface area contributed by atoms with Gasteiger partial charge in [0.15, 0.2) is 0 Å². The standard InChI is InChI=1S/C12H15NO6S/c1-8(14)13-11(12(15)16)7-9-3-5-10(6-4-9)19-20(2,17)18/h3-6,11H,7H2,1-2H3,(H,13,14)(H,15,16). The predicted octanol–water partition coefficient (Wildman–Crippen LogP) is 0.157. The van der Waals surface area contributed by atoms with Crippen LogP contribution in [-0.2, 0) is 26.1 Å². The third-order valence-electron chi connectivity index (χ3n) is 2.29. The third kappa shape index (κ3) is 5.70. The second kappa shape index (κ2) is 6.38. The van der Waals surface area contributed by atoms with Crippen molar-refractivity contribution in [2.24, 2.45) is 0 Å². The van der Waals surface area contributed by atoms with E-state index in [1.165, 1.54) is 31.2 Å². The first-order chi connectivity index (χ1) is 9.17. The largest absolute Gasteiger partial charge is 0.480 e. The minimum absolute atomic E-state index is 0.0913. The fourth-order valence-electron chi connectivity index (χ4n) is 1.54. The molecule has 1 rings (SSSR count). The van der Waals surface area contributed by atoms with Crippen molar-refractivity contribution >= 4 is 22.0 Å². The molecule has 2 N–H and O–H groups in total. The van der Waals surface area contributed by atoms with Crippen LogP contribution < -0.4 is 9.50 Å². The molecule has 1 aromatic rings. The molecule has 1 atom stereocenters. The van der Waals surface area contributed by atoms with Gasteiger partial charge in [0.05, 0.1) is 6.26 Å². The highest BCUT2D eigenvalue weighted by Gasteiger charge is 2.18. The van der Waals surface area contributed by atoms with Gasteiger partial charge in [-0.15, -0.1) is 0 Å². The Hall–Kier alpha value is -2.09. The van der Waals surface area contributed by atoms with Crippen LogP contribution in [0.4, 0.5) is 0 Å². The normalized spacial score (nSPS) is 12.5. The van der Waals surface area contributed by atoms with Crippen LogP contribution in [0, 0.1) is 0 Å². The van der Waals surface area contributed by atoms with Crippen LogP contribution in [0.15, 0.2) is 24.3 Å². The Morgan fingerprint density at radius 3 is 2.25 bits per heavy atom. The summed E-state index contributed by atoms with van der Waals surface area (Å²) >= 11 is 0. The van der Waals surface area contributed by atoms with Gasteiger partial charge in [0.1, 0.15) is 11.8 Å². The molecule has 0 saturated heterocycles.